The molecule has 0 amide bonds. The zero-order chi connectivity index (χ0) is 37.0. The Morgan fingerprint density at radius 3 is 2.05 bits per heavy atom. The second-order valence-corrected chi connectivity index (χ2v) is 15.4. The van der Waals surface area contributed by atoms with E-state index in [2.05, 4.69) is 183 Å². The first kappa shape index (κ1) is 36.3. The van der Waals surface area contributed by atoms with Crippen LogP contribution in [0.3, 0.4) is 0 Å². The fraction of sp³-hybridized carbons (Fsp3) is 0.143. The molecule has 0 N–H and O–H groups in total. The second-order valence-electron chi connectivity index (χ2n) is 15.4. The van der Waals surface area contributed by atoms with E-state index in [0.29, 0.717) is 5.75 Å². The van der Waals surface area contributed by atoms with Gasteiger partial charge in [-0.3, -0.25) is 0 Å². The smallest absolute Gasteiger partial charge is 0.150 e. The molecule has 0 fully saturated rings. The molecule has 0 saturated carbocycles. The molecule has 6 aromatic carbocycles. The largest absolute Gasteiger partial charge is 0.493 e. The van der Waals surface area contributed by atoms with Crippen LogP contribution in [-0.4, -0.2) is 9.55 Å². The molecule has 0 bridgehead atoms. The molecule has 0 saturated heterocycles. The average molecular weight is 897 g/mol. The predicted molar refractivity (Wildman–Crippen MR) is 221 cm³/mol. The maximum absolute atomic E-state index is 7.06. The van der Waals surface area contributed by atoms with Crippen LogP contribution in [0.5, 0.6) is 11.5 Å². The normalized spacial score (nSPS) is 12.9. The number of pyridine rings is 1. The summed E-state index contributed by atoms with van der Waals surface area (Å²) in [5, 5.41) is 2.31. The molecular formula is C49H41N4OPt-3. The molecule has 0 spiro atoms. The van der Waals surface area contributed by atoms with Crippen LogP contribution >= 0.6 is 0 Å². The number of anilines is 4. The molecule has 5 nitrogen and oxygen atoms in total. The SMILES string of the molecule is CC(C)(C)c1cc[c-]c(N2[CH-]N(c3ccccc3Oc3cnc(-n4c5[c-]cccc5c5ccccc54)cc3C(C)(C)c3ccccc3)c3ccccc32)c1.[Pt]. The van der Waals surface area contributed by atoms with E-state index in [-0.39, 0.29) is 26.5 Å². The van der Waals surface area contributed by atoms with E-state index in [1.54, 1.807) is 0 Å². The molecule has 8 aromatic rings. The summed E-state index contributed by atoms with van der Waals surface area (Å²) in [6, 6.07) is 57.6. The number of ether oxygens (including phenoxy) is 1. The Morgan fingerprint density at radius 1 is 0.600 bits per heavy atom. The number of aromatic nitrogens is 2. The van der Waals surface area contributed by atoms with Crippen molar-refractivity contribution >= 4 is 44.6 Å². The first-order valence-electron chi connectivity index (χ1n) is 18.5. The fourth-order valence-electron chi connectivity index (χ4n) is 7.64. The van der Waals surface area contributed by atoms with Crippen LogP contribution in [0.4, 0.5) is 22.7 Å². The maximum Gasteiger partial charge on any atom is 0.150 e. The fourth-order valence-corrected chi connectivity index (χ4v) is 7.64. The molecule has 0 atom stereocenters. The summed E-state index contributed by atoms with van der Waals surface area (Å²) in [4.78, 5) is 9.53. The van der Waals surface area contributed by atoms with Gasteiger partial charge in [-0.2, -0.15) is 48.0 Å². The predicted octanol–water partition coefficient (Wildman–Crippen LogP) is 12.6. The van der Waals surface area contributed by atoms with Gasteiger partial charge in [-0.05, 0) is 52.8 Å². The maximum atomic E-state index is 7.06. The first-order valence-corrected chi connectivity index (χ1v) is 18.5. The van der Waals surface area contributed by atoms with E-state index >= 15 is 0 Å². The minimum atomic E-state index is -0.428. The molecule has 2 aromatic heterocycles. The number of rotatable bonds is 7. The molecule has 0 aliphatic carbocycles. The van der Waals surface area contributed by atoms with Gasteiger partial charge in [0.25, 0.3) is 0 Å². The van der Waals surface area contributed by atoms with Crippen molar-refractivity contribution in [3.05, 3.63) is 187 Å². The Hall–Kier alpha value is -5.64. The van der Waals surface area contributed by atoms with Crippen LogP contribution in [-0.2, 0) is 31.9 Å². The molecule has 3 heterocycles. The average Bonchev–Trinajstić information content (AvgIpc) is 3.75. The number of hydrogen-bond acceptors (Lipinski definition) is 4. The summed E-state index contributed by atoms with van der Waals surface area (Å²) >= 11 is 0. The van der Waals surface area contributed by atoms with Gasteiger partial charge in [-0.15, -0.1) is 23.8 Å². The van der Waals surface area contributed by atoms with Crippen molar-refractivity contribution in [2.24, 2.45) is 0 Å². The number of para-hydroxylation sites is 6. The number of fused-ring (bicyclic) bond motifs is 4. The molecular weight excluding hydrogens is 856 g/mol. The quantitative estimate of drug-likeness (QED) is 0.149. The summed E-state index contributed by atoms with van der Waals surface area (Å²) < 4.78 is 9.27. The van der Waals surface area contributed by atoms with Gasteiger partial charge in [0.15, 0.2) is 0 Å². The minimum Gasteiger partial charge on any atom is -0.493 e. The van der Waals surface area contributed by atoms with Crippen LogP contribution in [0.25, 0.3) is 27.6 Å². The van der Waals surface area contributed by atoms with Crippen LogP contribution < -0.4 is 14.5 Å². The number of hydrogen-bond donors (Lipinski definition) is 0. The van der Waals surface area contributed by atoms with Crippen molar-refractivity contribution in [1.29, 1.82) is 0 Å². The first-order chi connectivity index (χ1) is 26.2. The summed E-state index contributed by atoms with van der Waals surface area (Å²) in [5.41, 5.74) is 9.17. The van der Waals surface area contributed by atoms with Crippen molar-refractivity contribution in [3.8, 4) is 17.3 Å². The van der Waals surface area contributed by atoms with E-state index in [1.165, 1.54) is 16.5 Å². The molecule has 9 rings (SSSR count). The van der Waals surface area contributed by atoms with Crippen LogP contribution in [0.1, 0.15) is 51.3 Å². The van der Waals surface area contributed by atoms with Gasteiger partial charge >= 0.3 is 0 Å². The number of benzene rings is 6. The summed E-state index contributed by atoms with van der Waals surface area (Å²) in [6.07, 6.45) is 1.89. The standard InChI is InChI=1S/C49H41N4O.Pt/c1-48(2,3)35-20-17-21-36(30-35)51-33-52(43-27-14-13-26-42(43)51)44-28-15-16-29-45(44)54-46-32-50-47(31-39(46)49(4,5)34-18-7-6-8-19-34)53-40-24-11-9-22-37(40)38-23-10-12-25-41(38)53;/h6-20,22-24,26-33H,1-5H3;/q-3;. The molecule has 0 unspecified atom stereocenters. The van der Waals surface area contributed by atoms with Crippen LogP contribution in [0.15, 0.2) is 152 Å². The van der Waals surface area contributed by atoms with Crippen molar-refractivity contribution in [2.45, 2.75) is 45.4 Å². The Bertz CT molecular complexity index is 2600. The number of nitrogens with zero attached hydrogens (tertiary/aromatic N) is 4. The third-order valence-corrected chi connectivity index (χ3v) is 10.6. The third-order valence-electron chi connectivity index (χ3n) is 10.6. The topological polar surface area (TPSA) is 33.5 Å². The van der Waals surface area contributed by atoms with E-state index in [0.717, 1.165) is 56.3 Å². The van der Waals surface area contributed by atoms with Crippen molar-refractivity contribution in [2.75, 3.05) is 9.80 Å². The monoisotopic (exact) mass is 896 g/mol. The van der Waals surface area contributed by atoms with Gasteiger partial charge in [0.2, 0.25) is 0 Å². The molecule has 1 aliphatic heterocycles. The summed E-state index contributed by atoms with van der Waals surface area (Å²) in [7, 11) is 0. The van der Waals surface area contributed by atoms with E-state index in [1.807, 2.05) is 36.5 Å². The second kappa shape index (κ2) is 14.2. The molecule has 55 heavy (non-hydrogen) atoms. The van der Waals surface area contributed by atoms with Gasteiger partial charge in [0.05, 0.1) is 11.9 Å². The summed E-state index contributed by atoms with van der Waals surface area (Å²) in [5.74, 6) is 2.23. The summed E-state index contributed by atoms with van der Waals surface area (Å²) in [6.45, 7) is 13.4. The van der Waals surface area contributed by atoms with E-state index in [9.17, 15) is 0 Å². The van der Waals surface area contributed by atoms with Crippen LogP contribution in [0.2, 0.25) is 0 Å². The van der Waals surface area contributed by atoms with E-state index < -0.39 is 5.41 Å². The van der Waals surface area contributed by atoms with Gasteiger partial charge in [0, 0.05) is 48.9 Å². The van der Waals surface area contributed by atoms with Crippen molar-refractivity contribution < 1.29 is 25.8 Å². The van der Waals surface area contributed by atoms with Gasteiger partial charge < -0.3 is 19.1 Å². The van der Waals surface area contributed by atoms with Gasteiger partial charge in [0.1, 0.15) is 17.3 Å². The van der Waals surface area contributed by atoms with Gasteiger partial charge in [-0.1, -0.05) is 113 Å². The van der Waals surface area contributed by atoms with E-state index in [4.69, 9.17) is 9.72 Å². The van der Waals surface area contributed by atoms with Crippen molar-refractivity contribution in [1.82, 2.24) is 9.55 Å². The molecule has 6 heteroatoms. The molecule has 0 radical (unpaired) electrons. The molecule has 1 aliphatic rings. The Morgan fingerprint density at radius 2 is 1.27 bits per heavy atom. The van der Waals surface area contributed by atoms with Crippen LogP contribution in [0, 0.1) is 18.8 Å². The zero-order valence-electron chi connectivity index (χ0n) is 31.5. The Balaban J connectivity index is 0.00000427. The van der Waals surface area contributed by atoms with Gasteiger partial charge in [-0.25, -0.2) is 4.98 Å². The Kier molecular flexibility index (Phi) is 9.39. The zero-order valence-corrected chi connectivity index (χ0v) is 33.8. The molecule has 276 valence electrons. The minimum absolute atomic E-state index is 0. The van der Waals surface area contributed by atoms with Crippen molar-refractivity contribution in [3.63, 3.8) is 0 Å². The Labute approximate surface area is 338 Å². The third kappa shape index (κ3) is 6.41.